The average Bonchev–Trinajstić information content (AvgIpc) is 3.38. The van der Waals surface area contributed by atoms with Gasteiger partial charge in [0.05, 0.1) is 21.7 Å². The number of benzene rings is 1. The molecule has 0 bridgehead atoms. The lowest BCUT2D eigenvalue weighted by molar-refractivity contribution is 0.346. The number of aromatic nitrogens is 5. The smallest absolute Gasteiger partial charge is 0.243 e. The van der Waals surface area contributed by atoms with Gasteiger partial charge >= 0.3 is 0 Å². The van der Waals surface area contributed by atoms with Crippen molar-refractivity contribution in [1.29, 1.82) is 0 Å². The van der Waals surface area contributed by atoms with Crippen LogP contribution in [0.5, 0.6) is 0 Å². The number of thioether (sulfide) groups is 1. The molecule has 0 atom stereocenters. The molecule has 0 aliphatic carbocycles. The quantitative estimate of drug-likeness (QED) is 0.413. The molecule has 0 saturated carbocycles. The summed E-state index contributed by atoms with van der Waals surface area (Å²) in [5.74, 6) is 1.51. The van der Waals surface area contributed by atoms with Crippen molar-refractivity contribution >= 4 is 38.5 Å². The van der Waals surface area contributed by atoms with Crippen LogP contribution in [0.15, 0.2) is 52.6 Å². The highest BCUT2D eigenvalue weighted by atomic mass is 32.2. The number of rotatable bonds is 6. The van der Waals surface area contributed by atoms with E-state index in [-0.39, 0.29) is 0 Å². The van der Waals surface area contributed by atoms with E-state index in [9.17, 15) is 8.42 Å². The van der Waals surface area contributed by atoms with E-state index in [0.717, 1.165) is 48.0 Å². The summed E-state index contributed by atoms with van der Waals surface area (Å²) in [7, 11) is -3.48. The van der Waals surface area contributed by atoms with Crippen LogP contribution in [0.25, 0.3) is 16.7 Å². The molecular weight excluding hydrogens is 432 g/mol. The van der Waals surface area contributed by atoms with Crippen LogP contribution in [0.1, 0.15) is 32.0 Å². The van der Waals surface area contributed by atoms with Crippen LogP contribution in [-0.2, 0) is 22.3 Å². The topological polar surface area (TPSA) is 85.4 Å². The van der Waals surface area contributed by atoms with E-state index in [1.165, 1.54) is 0 Å². The Morgan fingerprint density at radius 2 is 1.90 bits per heavy atom. The maximum atomic E-state index is 13.1. The summed E-state index contributed by atoms with van der Waals surface area (Å²) in [6.45, 7) is 4.02. The van der Waals surface area contributed by atoms with Gasteiger partial charge in [-0.25, -0.2) is 13.4 Å². The van der Waals surface area contributed by atoms with Crippen LogP contribution >= 0.6 is 11.8 Å². The minimum Gasteiger partial charge on any atom is -0.328 e. The first-order chi connectivity index (χ1) is 15.1. The second-order valence-electron chi connectivity index (χ2n) is 7.59. The standard InChI is InChI=1S/C21H24N6O2S2/c1-2-26-18-10-9-16(31(28,29)25-11-5-3-6-12-25)14-17(18)22-20(26)15-30-21-24-23-19-8-4-7-13-27(19)21/h4,7-10,13-14H,2-3,5-6,11-12,15H2,1H3. The van der Waals surface area contributed by atoms with Gasteiger partial charge in [0.2, 0.25) is 10.0 Å². The van der Waals surface area contributed by atoms with Crippen molar-refractivity contribution in [2.75, 3.05) is 13.1 Å². The molecule has 4 aromatic rings. The maximum Gasteiger partial charge on any atom is 0.243 e. The van der Waals surface area contributed by atoms with E-state index in [4.69, 9.17) is 4.98 Å². The number of hydrogen-bond acceptors (Lipinski definition) is 6. The maximum absolute atomic E-state index is 13.1. The third-order valence-electron chi connectivity index (χ3n) is 5.68. The Hall–Kier alpha value is -2.43. The number of fused-ring (bicyclic) bond motifs is 2. The molecule has 1 saturated heterocycles. The molecule has 0 unspecified atom stereocenters. The fraction of sp³-hybridized carbons (Fsp3) is 0.381. The Balaban J connectivity index is 1.45. The predicted octanol–water partition coefficient (Wildman–Crippen LogP) is 3.57. The number of imidazole rings is 1. The van der Waals surface area contributed by atoms with E-state index in [1.807, 2.05) is 34.9 Å². The molecule has 31 heavy (non-hydrogen) atoms. The van der Waals surface area contributed by atoms with Crippen LogP contribution in [0.3, 0.4) is 0 Å². The van der Waals surface area contributed by atoms with Gasteiger partial charge < -0.3 is 4.57 Å². The molecule has 10 heteroatoms. The van der Waals surface area contributed by atoms with Crippen molar-refractivity contribution in [1.82, 2.24) is 28.5 Å². The van der Waals surface area contributed by atoms with Crippen molar-refractivity contribution in [3.63, 3.8) is 0 Å². The summed E-state index contributed by atoms with van der Waals surface area (Å²) in [5.41, 5.74) is 2.46. The minimum absolute atomic E-state index is 0.324. The van der Waals surface area contributed by atoms with Crippen molar-refractivity contribution in [3.05, 3.63) is 48.4 Å². The monoisotopic (exact) mass is 456 g/mol. The molecule has 1 aliphatic rings. The van der Waals surface area contributed by atoms with Gasteiger partial charge in [-0.05, 0) is 50.1 Å². The zero-order valence-corrected chi connectivity index (χ0v) is 18.9. The summed E-state index contributed by atoms with van der Waals surface area (Å²) >= 11 is 1.57. The highest BCUT2D eigenvalue weighted by molar-refractivity contribution is 7.98. The van der Waals surface area contributed by atoms with Gasteiger partial charge in [0.1, 0.15) is 5.82 Å². The molecule has 0 spiro atoms. The highest BCUT2D eigenvalue weighted by Crippen LogP contribution is 2.27. The molecule has 3 aromatic heterocycles. The number of piperidine rings is 1. The van der Waals surface area contributed by atoms with E-state index in [0.29, 0.717) is 29.3 Å². The van der Waals surface area contributed by atoms with Gasteiger partial charge in [-0.3, -0.25) is 4.40 Å². The number of nitrogens with zero attached hydrogens (tertiary/aromatic N) is 6. The van der Waals surface area contributed by atoms with Gasteiger partial charge in [0, 0.05) is 25.8 Å². The number of aryl methyl sites for hydroxylation is 1. The Labute approximate surface area is 185 Å². The van der Waals surface area contributed by atoms with E-state index >= 15 is 0 Å². The summed E-state index contributed by atoms with van der Waals surface area (Å²) in [4.78, 5) is 5.11. The third-order valence-corrected chi connectivity index (χ3v) is 8.51. The van der Waals surface area contributed by atoms with E-state index in [2.05, 4.69) is 21.7 Å². The average molecular weight is 457 g/mol. The van der Waals surface area contributed by atoms with E-state index < -0.39 is 10.0 Å². The number of pyridine rings is 1. The zero-order chi connectivity index (χ0) is 21.4. The Morgan fingerprint density at radius 3 is 2.71 bits per heavy atom. The minimum atomic E-state index is -3.48. The first-order valence-corrected chi connectivity index (χ1v) is 12.9. The molecular formula is C21H24N6O2S2. The van der Waals surface area contributed by atoms with Crippen molar-refractivity contribution < 1.29 is 8.42 Å². The fourth-order valence-electron chi connectivity index (χ4n) is 4.08. The Morgan fingerprint density at radius 1 is 1.06 bits per heavy atom. The summed E-state index contributed by atoms with van der Waals surface area (Å²) in [5, 5.41) is 9.27. The van der Waals surface area contributed by atoms with Gasteiger partial charge in [-0.2, -0.15) is 4.31 Å². The Bertz CT molecular complexity index is 1340. The fourth-order valence-corrected chi connectivity index (χ4v) is 6.49. The molecule has 4 heterocycles. The molecule has 5 rings (SSSR count). The van der Waals surface area contributed by atoms with Crippen LogP contribution < -0.4 is 0 Å². The molecule has 0 amide bonds. The number of hydrogen-bond donors (Lipinski definition) is 0. The Kier molecular flexibility index (Phi) is 5.45. The van der Waals surface area contributed by atoms with Crippen molar-refractivity contribution in [3.8, 4) is 0 Å². The zero-order valence-electron chi connectivity index (χ0n) is 17.3. The summed E-state index contributed by atoms with van der Waals surface area (Å²) < 4.78 is 31.8. The molecule has 162 valence electrons. The number of sulfonamides is 1. The second kappa shape index (κ2) is 8.25. The first-order valence-electron chi connectivity index (χ1n) is 10.5. The lowest BCUT2D eigenvalue weighted by Crippen LogP contribution is -2.35. The summed E-state index contributed by atoms with van der Waals surface area (Å²) in [6.07, 6.45) is 4.88. The van der Waals surface area contributed by atoms with Crippen LogP contribution in [0, 0.1) is 0 Å². The van der Waals surface area contributed by atoms with Gasteiger partial charge in [-0.1, -0.05) is 24.2 Å². The molecule has 1 aliphatic heterocycles. The van der Waals surface area contributed by atoms with Gasteiger partial charge in [0.25, 0.3) is 0 Å². The lowest BCUT2D eigenvalue weighted by atomic mass is 10.2. The van der Waals surface area contributed by atoms with Gasteiger partial charge in [0.15, 0.2) is 10.8 Å². The third kappa shape index (κ3) is 3.72. The molecule has 0 radical (unpaired) electrons. The largest absolute Gasteiger partial charge is 0.328 e. The molecule has 1 fully saturated rings. The predicted molar refractivity (Wildman–Crippen MR) is 121 cm³/mol. The van der Waals surface area contributed by atoms with Crippen LogP contribution in [-0.4, -0.2) is 50.0 Å². The van der Waals surface area contributed by atoms with Crippen LogP contribution in [0.4, 0.5) is 0 Å². The SMILES string of the molecule is CCn1c(CSc2nnc3ccccn23)nc2cc(S(=O)(=O)N3CCCCC3)ccc21. The van der Waals surface area contributed by atoms with Crippen molar-refractivity contribution in [2.24, 2.45) is 0 Å². The van der Waals surface area contributed by atoms with Crippen LogP contribution in [0.2, 0.25) is 0 Å². The molecule has 1 aromatic carbocycles. The highest BCUT2D eigenvalue weighted by Gasteiger charge is 2.26. The van der Waals surface area contributed by atoms with E-state index in [1.54, 1.807) is 28.2 Å². The summed E-state index contributed by atoms with van der Waals surface area (Å²) in [6, 6.07) is 11.1. The normalized spacial score (nSPS) is 15.8. The van der Waals surface area contributed by atoms with Gasteiger partial charge in [-0.15, -0.1) is 10.2 Å². The first kappa shape index (κ1) is 20.5. The second-order valence-corrected chi connectivity index (χ2v) is 10.5. The lowest BCUT2D eigenvalue weighted by Gasteiger charge is -2.25. The molecule has 0 N–H and O–H groups in total. The van der Waals surface area contributed by atoms with Crippen molar-refractivity contribution in [2.45, 2.75) is 48.5 Å². The molecule has 8 nitrogen and oxygen atoms in total.